The third kappa shape index (κ3) is 4.90. The summed E-state index contributed by atoms with van der Waals surface area (Å²) in [6.07, 6.45) is 8.64. The Labute approximate surface area is 122 Å². The first-order valence-electron chi connectivity index (χ1n) is 7.68. The fraction of sp³-hybridized carbons (Fsp3) is 0.750. The summed E-state index contributed by atoms with van der Waals surface area (Å²) in [5.41, 5.74) is 0. The second-order valence-corrected chi connectivity index (χ2v) is 6.99. The minimum atomic E-state index is 0.519. The number of hydrogen-bond acceptors (Lipinski definition) is 3. The lowest BCUT2D eigenvalue weighted by molar-refractivity contribution is 0.284. The number of thiophene rings is 1. The van der Waals surface area contributed by atoms with E-state index in [2.05, 4.69) is 41.8 Å². The zero-order chi connectivity index (χ0) is 13.5. The Balaban J connectivity index is 1.76. The fourth-order valence-corrected chi connectivity index (χ4v) is 3.93. The average molecular weight is 280 g/mol. The van der Waals surface area contributed by atoms with Crippen LogP contribution in [0.5, 0.6) is 0 Å². The Kier molecular flexibility index (Phi) is 6.35. The van der Waals surface area contributed by atoms with Gasteiger partial charge in [0.15, 0.2) is 0 Å². The Bertz CT molecular complexity index is 327. The van der Waals surface area contributed by atoms with Crippen LogP contribution in [0.3, 0.4) is 0 Å². The van der Waals surface area contributed by atoms with Gasteiger partial charge in [0.25, 0.3) is 0 Å². The molecule has 1 unspecified atom stereocenters. The third-order valence-electron chi connectivity index (χ3n) is 4.24. The summed E-state index contributed by atoms with van der Waals surface area (Å²) in [4.78, 5) is 3.80. The van der Waals surface area contributed by atoms with Crippen LogP contribution >= 0.6 is 11.3 Å². The van der Waals surface area contributed by atoms with Crippen LogP contribution in [0.25, 0.3) is 0 Å². The van der Waals surface area contributed by atoms with Crippen molar-refractivity contribution in [2.45, 2.75) is 44.6 Å². The van der Waals surface area contributed by atoms with Crippen LogP contribution in [0.1, 0.15) is 49.4 Å². The molecule has 1 heterocycles. The van der Waals surface area contributed by atoms with E-state index in [0.29, 0.717) is 6.04 Å². The summed E-state index contributed by atoms with van der Waals surface area (Å²) in [5, 5.41) is 5.90. The molecule has 1 aliphatic carbocycles. The smallest absolute Gasteiger partial charge is 0.0561 e. The highest BCUT2D eigenvalue weighted by molar-refractivity contribution is 7.10. The zero-order valence-corrected chi connectivity index (χ0v) is 13.2. The van der Waals surface area contributed by atoms with Gasteiger partial charge >= 0.3 is 0 Å². The molecule has 0 amide bonds. The molecule has 0 bridgehead atoms. The summed E-state index contributed by atoms with van der Waals surface area (Å²) in [6.45, 7) is 2.28. The second-order valence-electron chi connectivity index (χ2n) is 6.01. The van der Waals surface area contributed by atoms with Gasteiger partial charge in [0.2, 0.25) is 0 Å². The van der Waals surface area contributed by atoms with E-state index in [1.54, 1.807) is 0 Å². The Hall–Kier alpha value is -0.380. The summed E-state index contributed by atoms with van der Waals surface area (Å²) in [6, 6.07) is 4.93. The Morgan fingerprint density at radius 3 is 2.58 bits per heavy atom. The maximum Gasteiger partial charge on any atom is 0.0561 e. The maximum atomic E-state index is 3.72. The average Bonchev–Trinajstić information content (AvgIpc) is 2.78. The second kappa shape index (κ2) is 8.03. The van der Waals surface area contributed by atoms with Crippen LogP contribution in [0.4, 0.5) is 0 Å². The predicted octanol–water partition coefficient (Wildman–Crippen LogP) is 3.91. The lowest BCUT2D eigenvalue weighted by Crippen LogP contribution is -2.33. The van der Waals surface area contributed by atoms with Gasteiger partial charge in [0, 0.05) is 11.4 Å². The molecular weight excluding hydrogens is 252 g/mol. The van der Waals surface area contributed by atoms with E-state index in [9.17, 15) is 0 Å². The Morgan fingerprint density at radius 2 is 2.00 bits per heavy atom. The van der Waals surface area contributed by atoms with Gasteiger partial charge in [-0.15, -0.1) is 11.3 Å². The van der Waals surface area contributed by atoms with E-state index >= 15 is 0 Å². The van der Waals surface area contributed by atoms with Crippen molar-refractivity contribution in [2.75, 3.05) is 27.2 Å². The van der Waals surface area contributed by atoms with Crippen molar-refractivity contribution < 1.29 is 0 Å². The molecule has 0 aliphatic heterocycles. The van der Waals surface area contributed by atoms with E-state index in [1.165, 1.54) is 49.9 Å². The van der Waals surface area contributed by atoms with Crippen LogP contribution < -0.4 is 5.32 Å². The highest BCUT2D eigenvalue weighted by Crippen LogP contribution is 2.24. The molecule has 0 spiro atoms. The van der Waals surface area contributed by atoms with Crippen molar-refractivity contribution >= 4 is 11.3 Å². The number of nitrogens with one attached hydrogen (secondary N) is 1. The largest absolute Gasteiger partial charge is 0.315 e. The quantitative estimate of drug-likeness (QED) is 0.795. The predicted molar refractivity (Wildman–Crippen MR) is 84.8 cm³/mol. The number of hydrogen-bond donors (Lipinski definition) is 1. The van der Waals surface area contributed by atoms with Crippen LogP contribution in [0.2, 0.25) is 0 Å². The van der Waals surface area contributed by atoms with Crippen molar-refractivity contribution in [2.24, 2.45) is 5.92 Å². The minimum absolute atomic E-state index is 0.519. The van der Waals surface area contributed by atoms with Gasteiger partial charge in [0.1, 0.15) is 0 Å². The molecule has 1 saturated carbocycles. The zero-order valence-electron chi connectivity index (χ0n) is 12.4. The van der Waals surface area contributed by atoms with Gasteiger partial charge in [-0.3, -0.25) is 0 Å². The standard InChI is InChI=1S/C16H28N2S/c1-18(2)15(16-10-7-11-19-16)13-17-12-14-8-5-3-4-6-9-14/h7,10-11,14-15,17H,3-6,8-9,12-13H2,1-2H3. The number of rotatable bonds is 6. The number of likely N-dealkylation sites (N-methyl/N-ethyl adjacent to an activating group) is 1. The molecule has 108 valence electrons. The topological polar surface area (TPSA) is 15.3 Å². The Morgan fingerprint density at radius 1 is 1.26 bits per heavy atom. The van der Waals surface area contributed by atoms with Gasteiger partial charge < -0.3 is 10.2 Å². The van der Waals surface area contributed by atoms with Crippen LogP contribution in [-0.2, 0) is 0 Å². The van der Waals surface area contributed by atoms with Crippen molar-refractivity contribution in [3.05, 3.63) is 22.4 Å². The molecule has 1 fully saturated rings. The molecule has 1 aromatic rings. The summed E-state index contributed by atoms with van der Waals surface area (Å²) >= 11 is 1.87. The van der Waals surface area contributed by atoms with Crippen molar-refractivity contribution in [3.8, 4) is 0 Å². The SMILES string of the molecule is CN(C)C(CNCC1CCCCCC1)c1cccs1. The lowest BCUT2D eigenvalue weighted by atomic mass is 10.0. The van der Waals surface area contributed by atoms with Crippen molar-refractivity contribution in [3.63, 3.8) is 0 Å². The van der Waals surface area contributed by atoms with Crippen molar-refractivity contribution in [1.82, 2.24) is 10.2 Å². The first-order chi connectivity index (χ1) is 9.27. The normalized spacial score (nSPS) is 19.5. The van der Waals surface area contributed by atoms with Crippen LogP contribution in [-0.4, -0.2) is 32.1 Å². The van der Waals surface area contributed by atoms with E-state index < -0.39 is 0 Å². The van der Waals surface area contributed by atoms with Gasteiger partial charge in [-0.05, 0) is 50.8 Å². The molecule has 1 N–H and O–H groups in total. The minimum Gasteiger partial charge on any atom is -0.315 e. The fourth-order valence-electron chi connectivity index (χ4n) is 3.01. The molecule has 0 saturated heterocycles. The monoisotopic (exact) mass is 280 g/mol. The summed E-state index contributed by atoms with van der Waals surface area (Å²) in [7, 11) is 4.36. The molecule has 2 rings (SSSR count). The van der Waals surface area contributed by atoms with Crippen molar-refractivity contribution in [1.29, 1.82) is 0 Å². The van der Waals surface area contributed by atoms with E-state index in [-0.39, 0.29) is 0 Å². The van der Waals surface area contributed by atoms with Gasteiger partial charge in [-0.1, -0.05) is 31.7 Å². The number of nitrogens with zero attached hydrogens (tertiary/aromatic N) is 1. The van der Waals surface area contributed by atoms with Gasteiger partial charge in [-0.25, -0.2) is 0 Å². The molecule has 2 nitrogen and oxygen atoms in total. The molecule has 19 heavy (non-hydrogen) atoms. The van der Waals surface area contributed by atoms with Gasteiger partial charge in [0.05, 0.1) is 6.04 Å². The molecule has 1 aliphatic rings. The van der Waals surface area contributed by atoms with E-state index in [1.807, 2.05) is 11.3 Å². The first-order valence-corrected chi connectivity index (χ1v) is 8.56. The maximum absolute atomic E-state index is 3.72. The highest BCUT2D eigenvalue weighted by atomic mass is 32.1. The summed E-state index contributed by atoms with van der Waals surface area (Å²) in [5.74, 6) is 0.911. The molecule has 3 heteroatoms. The van der Waals surface area contributed by atoms with Crippen LogP contribution in [0, 0.1) is 5.92 Å². The molecule has 0 aromatic carbocycles. The molecule has 0 radical (unpaired) electrons. The lowest BCUT2D eigenvalue weighted by Gasteiger charge is -2.25. The van der Waals surface area contributed by atoms with E-state index in [4.69, 9.17) is 0 Å². The highest BCUT2D eigenvalue weighted by Gasteiger charge is 2.16. The molecule has 1 aromatic heterocycles. The van der Waals surface area contributed by atoms with Gasteiger partial charge in [-0.2, -0.15) is 0 Å². The molecular formula is C16H28N2S. The van der Waals surface area contributed by atoms with Crippen LogP contribution in [0.15, 0.2) is 17.5 Å². The van der Waals surface area contributed by atoms with E-state index in [0.717, 1.165) is 12.5 Å². The third-order valence-corrected chi connectivity index (χ3v) is 5.21. The summed E-state index contributed by atoms with van der Waals surface area (Å²) < 4.78 is 0. The first kappa shape index (κ1) is 15.0. The molecule has 1 atom stereocenters.